The Balaban J connectivity index is 2.41. The van der Waals surface area contributed by atoms with Gasteiger partial charge in [0.25, 0.3) is 0 Å². The minimum atomic E-state index is -1.97. The molecule has 3 amide bonds. The van der Waals surface area contributed by atoms with Gasteiger partial charge in [-0.1, -0.05) is 0 Å². The molecule has 2 fully saturated rings. The van der Waals surface area contributed by atoms with Gasteiger partial charge in [0.1, 0.15) is 5.60 Å². The molecule has 2 saturated heterocycles. The molecule has 8 nitrogen and oxygen atoms in total. The fraction of sp³-hybridized carbons (Fsp3) is 0.714. The summed E-state index contributed by atoms with van der Waals surface area (Å²) in [6.45, 7) is 5.11. The molecule has 2 aliphatic rings. The van der Waals surface area contributed by atoms with Crippen LogP contribution in [0.2, 0.25) is 0 Å². The summed E-state index contributed by atoms with van der Waals surface area (Å²) < 4.78 is 5.23. The third-order valence-electron chi connectivity index (χ3n) is 3.73. The van der Waals surface area contributed by atoms with Crippen molar-refractivity contribution in [2.45, 2.75) is 57.7 Å². The first kappa shape index (κ1) is 16.3. The second-order valence-corrected chi connectivity index (χ2v) is 6.48. The first-order chi connectivity index (χ1) is 10.1. The maximum atomic E-state index is 12.3. The second kappa shape index (κ2) is 5.26. The number of carboxylic acid groups (broad SMARTS) is 1. The van der Waals surface area contributed by atoms with Gasteiger partial charge in [0, 0.05) is 25.8 Å². The molecular formula is C14H20N2O6. The van der Waals surface area contributed by atoms with E-state index < -0.39 is 35.1 Å². The molecule has 0 radical (unpaired) electrons. The smallest absolute Gasteiger partial charge is 0.412 e. The van der Waals surface area contributed by atoms with Crippen molar-refractivity contribution < 1.29 is 29.0 Å². The fourth-order valence-corrected chi connectivity index (χ4v) is 2.90. The fourth-order valence-electron chi connectivity index (χ4n) is 2.90. The van der Waals surface area contributed by atoms with E-state index in [1.807, 2.05) is 0 Å². The van der Waals surface area contributed by atoms with E-state index in [1.54, 1.807) is 20.8 Å². The van der Waals surface area contributed by atoms with Gasteiger partial charge in [0.2, 0.25) is 17.5 Å². The Bertz CT molecular complexity index is 522. The zero-order chi connectivity index (χ0) is 16.7. The van der Waals surface area contributed by atoms with Gasteiger partial charge in [-0.3, -0.25) is 14.5 Å². The number of aliphatic carboxylic acids is 1. The molecule has 2 heterocycles. The highest BCUT2D eigenvalue weighted by Crippen LogP contribution is 2.37. The third-order valence-corrected chi connectivity index (χ3v) is 3.73. The molecule has 0 aromatic rings. The Morgan fingerprint density at radius 1 is 1.18 bits per heavy atom. The molecule has 0 bridgehead atoms. The highest BCUT2D eigenvalue weighted by Gasteiger charge is 2.60. The van der Waals surface area contributed by atoms with Gasteiger partial charge in [-0.15, -0.1) is 0 Å². The number of nitrogens with zero attached hydrogens (tertiary/aromatic N) is 2. The molecule has 0 aromatic heterocycles. The Kier molecular flexibility index (Phi) is 3.88. The van der Waals surface area contributed by atoms with Crippen molar-refractivity contribution in [2.75, 3.05) is 6.54 Å². The summed E-state index contributed by atoms with van der Waals surface area (Å²) in [4.78, 5) is 49.9. The van der Waals surface area contributed by atoms with Crippen LogP contribution in [0.15, 0.2) is 0 Å². The maximum absolute atomic E-state index is 12.3. The summed E-state index contributed by atoms with van der Waals surface area (Å²) in [6.07, 6.45) is -0.506. The molecule has 2 aliphatic heterocycles. The van der Waals surface area contributed by atoms with E-state index in [2.05, 4.69) is 0 Å². The Morgan fingerprint density at radius 3 is 2.18 bits per heavy atom. The maximum Gasteiger partial charge on any atom is 0.412 e. The summed E-state index contributed by atoms with van der Waals surface area (Å²) in [7, 11) is 0. The summed E-state index contributed by atoms with van der Waals surface area (Å²) in [5, 5.41) is 9.68. The molecular weight excluding hydrogens is 292 g/mol. The first-order valence-corrected chi connectivity index (χ1v) is 7.19. The molecule has 8 heteroatoms. The van der Waals surface area contributed by atoms with Crippen molar-refractivity contribution in [1.29, 1.82) is 0 Å². The van der Waals surface area contributed by atoms with E-state index in [9.17, 15) is 24.3 Å². The van der Waals surface area contributed by atoms with Gasteiger partial charge in [0.05, 0.1) is 0 Å². The van der Waals surface area contributed by atoms with Gasteiger partial charge >= 0.3 is 12.1 Å². The molecule has 122 valence electrons. The van der Waals surface area contributed by atoms with Crippen LogP contribution in [0.5, 0.6) is 0 Å². The predicted molar refractivity (Wildman–Crippen MR) is 73.6 cm³/mol. The molecule has 0 spiro atoms. The lowest BCUT2D eigenvalue weighted by Crippen LogP contribution is -2.65. The number of amides is 3. The molecule has 0 aromatic carbocycles. The van der Waals surface area contributed by atoms with E-state index in [-0.39, 0.29) is 25.8 Å². The van der Waals surface area contributed by atoms with Crippen LogP contribution in [-0.2, 0) is 19.1 Å². The number of hydrogen-bond acceptors (Lipinski definition) is 5. The van der Waals surface area contributed by atoms with Crippen LogP contribution in [0.1, 0.15) is 46.5 Å². The normalized spacial score (nSPS) is 25.8. The highest BCUT2D eigenvalue weighted by molar-refractivity contribution is 6.07. The van der Waals surface area contributed by atoms with Crippen molar-refractivity contribution in [1.82, 2.24) is 9.80 Å². The van der Waals surface area contributed by atoms with Gasteiger partial charge in [-0.05, 0) is 27.2 Å². The summed E-state index contributed by atoms with van der Waals surface area (Å²) in [5.41, 5.74) is -2.77. The van der Waals surface area contributed by atoms with Crippen LogP contribution in [0.4, 0.5) is 4.79 Å². The number of carbonyl (C=O) groups is 4. The quantitative estimate of drug-likeness (QED) is 0.761. The number of ether oxygens (including phenoxy) is 1. The lowest BCUT2D eigenvalue weighted by Gasteiger charge is -2.40. The van der Waals surface area contributed by atoms with Crippen molar-refractivity contribution >= 4 is 23.9 Å². The average Bonchev–Trinajstić information content (AvgIpc) is 2.92. The van der Waals surface area contributed by atoms with Crippen molar-refractivity contribution in [3.63, 3.8) is 0 Å². The van der Waals surface area contributed by atoms with E-state index in [1.165, 1.54) is 0 Å². The van der Waals surface area contributed by atoms with Crippen molar-refractivity contribution in [2.24, 2.45) is 0 Å². The van der Waals surface area contributed by atoms with Crippen LogP contribution < -0.4 is 0 Å². The van der Waals surface area contributed by atoms with Crippen LogP contribution in [-0.4, -0.2) is 56.6 Å². The van der Waals surface area contributed by atoms with Gasteiger partial charge in [-0.25, -0.2) is 14.5 Å². The van der Waals surface area contributed by atoms with E-state index in [4.69, 9.17) is 4.74 Å². The zero-order valence-electron chi connectivity index (χ0n) is 12.9. The second-order valence-electron chi connectivity index (χ2n) is 6.48. The molecule has 0 aliphatic carbocycles. The molecule has 1 unspecified atom stereocenters. The number of imide groups is 1. The van der Waals surface area contributed by atoms with Gasteiger partial charge in [0.15, 0.2) is 0 Å². The van der Waals surface area contributed by atoms with Crippen LogP contribution in [0.25, 0.3) is 0 Å². The standard InChI is InChI=1S/C14H20N2O6/c1-13(2,3)22-12(21)15-8-4-7-14(15,11(19)20)16-9(17)5-6-10(16)18/h4-8H2,1-3H3,(H,19,20). The Hall–Kier alpha value is -2.12. The van der Waals surface area contributed by atoms with Crippen LogP contribution >= 0.6 is 0 Å². The Morgan fingerprint density at radius 2 is 1.73 bits per heavy atom. The monoisotopic (exact) mass is 312 g/mol. The number of likely N-dealkylation sites (tertiary alicyclic amines) is 2. The summed E-state index contributed by atoms with van der Waals surface area (Å²) in [5.74, 6) is -2.52. The lowest BCUT2D eigenvalue weighted by molar-refractivity contribution is -0.173. The third kappa shape index (κ3) is 2.53. The molecule has 0 saturated carbocycles. The number of hydrogen-bond donors (Lipinski definition) is 1. The molecule has 2 rings (SSSR count). The molecule has 22 heavy (non-hydrogen) atoms. The van der Waals surface area contributed by atoms with Crippen molar-refractivity contribution in [3.8, 4) is 0 Å². The average molecular weight is 312 g/mol. The van der Waals surface area contributed by atoms with Crippen LogP contribution in [0, 0.1) is 0 Å². The van der Waals surface area contributed by atoms with Crippen molar-refractivity contribution in [3.05, 3.63) is 0 Å². The lowest BCUT2D eigenvalue weighted by atomic mass is 10.1. The van der Waals surface area contributed by atoms with E-state index in [0.717, 1.165) is 9.80 Å². The molecule has 1 N–H and O–H groups in total. The van der Waals surface area contributed by atoms with Crippen LogP contribution in [0.3, 0.4) is 0 Å². The van der Waals surface area contributed by atoms with Gasteiger partial charge < -0.3 is 9.84 Å². The predicted octanol–water partition coefficient (Wildman–Crippen LogP) is 0.947. The minimum absolute atomic E-state index is 0.0130. The topological polar surface area (TPSA) is 104 Å². The minimum Gasteiger partial charge on any atom is -0.478 e. The Labute approximate surface area is 128 Å². The number of carboxylic acids is 1. The largest absolute Gasteiger partial charge is 0.478 e. The van der Waals surface area contributed by atoms with E-state index >= 15 is 0 Å². The first-order valence-electron chi connectivity index (χ1n) is 7.19. The highest BCUT2D eigenvalue weighted by atomic mass is 16.6. The SMILES string of the molecule is CC(C)(C)OC(=O)N1CCCC1(C(=O)O)N1C(=O)CCC1=O. The molecule has 1 atom stereocenters. The number of rotatable bonds is 2. The summed E-state index contributed by atoms with van der Waals surface area (Å²) >= 11 is 0. The number of carbonyl (C=O) groups excluding carboxylic acids is 3. The summed E-state index contributed by atoms with van der Waals surface area (Å²) in [6, 6.07) is 0. The van der Waals surface area contributed by atoms with E-state index in [0.29, 0.717) is 6.42 Å². The zero-order valence-corrected chi connectivity index (χ0v) is 12.9. The van der Waals surface area contributed by atoms with Gasteiger partial charge in [-0.2, -0.15) is 0 Å².